The second kappa shape index (κ2) is 6.78. The number of allylic oxidation sites excluding steroid dienone is 2. The quantitative estimate of drug-likeness (QED) is 0.509. The third-order valence-electron chi connectivity index (χ3n) is 6.34. The third kappa shape index (κ3) is 2.88. The molecule has 0 saturated heterocycles. The molecule has 3 heterocycles. The summed E-state index contributed by atoms with van der Waals surface area (Å²) in [5, 5.41) is 10.9. The van der Waals surface area contributed by atoms with Crippen LogP contribution in [0.1, 0.15) is 18.4 Å². The Morgan fingerprint density at radius 1 is 0.968 bits per heavy atom. The average Bonchev–Trinajstić information content (AvgIpc) is 3.09. The summed E-state index contributed by atoms with van der Waals surface area (Å²) in [5.41, 5.74) is 5.66. The van der Waals surface area contributed by atoms with E-state index in [0.29, 0.717) is 12.8 Å². The van der Waals surface area contributed by atoms with Gasteiger partial charge in [-0.15, -0.1) is 4.59 Å². The molecule has 6 rings (SSSR count). The van der Waals surface area contributed by atoms with Gasteiger partial charge in [0, 0.05) is 16.9 Å². The van der Waals surface area contributed by atoms with Crippen molar-refractivity contribution >= 4 is 23.0 Å². The lowest BCUT2D eigenvalue weighted by atomic mass is 9.79. The number of nitrogens with two attached hydrogens (primary N) is 1. The number of aromatic nitrogens is 1. The summed E-state index contributed by atoms with van der Waals surface area (Å²) in [6.45, 7) is 0. The van der Waals surface area contributed by atoms with Crippen molar-refractivity contribution in [3.63, 3.8) is 0 Å². The van der Waals surface area contributed by atoms with Crippen molar-refractivity contribution in [2.45, 2.75) is 18.9 Å². The summed E-state index contributed by atoms with van der Waals surface area (Å²) in [4.78, 5) is 14.2. The molecule has 1 fully saturated rings. The molecule has 6 nitrogen and oxygen atoms in total. The van der Waals surface area contributed by atoms with Crippen molar-refractivity contribution in [1.82, 2.24) is 4.98 Å². The largest absolute Gasteiger partial charge is 0.393 e. The molecule has 3 N–H and O–H groups in total. The zero-order chi connectivity index (χ0) is 21.0. The van der Waals surface area contributed by atoms with Gasteiger partial charge in [0.1, 0.15) is 11.9 Å². The van der Waals surface area contributed by atoms with Crippen molar-refractivity contribution in [1.29, 1.82) is 0 Å². The maximum absolute atomic E-state index is 9.80. The Balaban J connectivity index is 1.45. The lowest BCUT2D eigenvalue weighted by Crippen LogP contribution is -2.53. The molecule has 0 amide bonds. The van der Waals surface area contributed by atoms with E-state index in [4.69, 9.17) is 15.8 Å². The lowest BCUT2D eigenvalue weighted by Gasteiger charge is -2.31. The summed E-state index contributed by atoms with van der Waals surface area (Å²) in [6, 6.07) is 20.5. The Morgan fingerprint density at radius 2 is 1.77 bits per heavy atom. The number of aliphatic hydroxyl groups is 1. The van der Waals surface area contributed by atoms with Crippen molar-refractivity contribution in [3.05, 3.63) is 90.0 Å². The highest BCUT2D eigenvalue weighted by Gasteiger charge is 2.47. The van der Waals surface area contributed by atoms with Gasteiger partial charge in [-0.3, -0.25) is 4.99 Å². The van der Waals surface area contributed by atoms with Crippen molar-refractivity contribution in [3.8, 4) is 11.3 Å². The fraction of sp³-hybridized carbons (Fsp3) is 0.160. The van der Waals surface area contributed by atoms with Crippen LogP contribution in [-0.2, 0) is 0 Å². The molecule has 1 unspecified atom stereocenters. The molecule has 31 heavy (non-hydrogen) atoms. The number of pyridine rings is 1. The lowest BCUT2D eigenvalue weighted by molar-refractivity contribution is -0.750. The number of fused-ring (bicyclic) bond motifs is 2. The number of hydrogen-bond donors (Lipinski definition) is 2. The molecular weight excluding hydrogens is 386 g/mol. The number of quaternary nitrogens is 1. The maximum atomic E-state index is 9.80. The van der Waals surface area contributed by atoms with Gasteiger partial charge >= 0.3 is 0 Å². The summed E-state index contributed by atoms with van der Waals surface area (Å²) >= 11 is 0. The third-order valence-corrected chi connectivity index (χ3v) is 6.34. The Labute approximate surface area is 180 Å². The molecule has 0 spiro atoms. The second-order valence-corrected chi connectivity index (χ2v) is 8.35. The zero-order valence-corrected chi connectivity index (χ0v) is 16.9. The minimum Gasteiger partial charge on any atom is -0.393 e. The van der Waals surface area contributed by atoms with Gasteiger partial charge in [0.15, 0.2) is 0 Å². The molecule has 0 bridgehead atoms. The molecule has 2 aliphatic heterocycles. The van der Waals surface area contributed by atoms with Crippen LogP contribution < -0.4 is 5.84 Å². The van der Waals surface area contributed by atoms with Crippen LogP contribution in [-0.4, -0.2) is 32.8 Å². The highest BCUT2D eigenvalue weighted by molar-refractivity contribution is 6.02. The van der Waals surface area contributed by atoms with Crippen molar-refractivity contribution in [2.24, 2.45) is 21.7 Å². The molecule has 2 aromatic carbocycles. The van der Waals surface area contributed by atoms with Gasteiger partial charge in [-0.1, -0.05) is 42.5 Å². The summed E-state index contributed by atoms with van der Waals surface area (Å²) < 4.78 is -0.00465. The van der Waals surface area contributed by atoms with E-state index >= 15 is 0 Å². The van der Waals surface area contributed by atoms with E-state index in [0.717, 1.165) is 45.0 Å². The first-order valence-corrected chi connectivity index (χ1v) is 10.5. The van der Waals surface area contributed by atoms with E-state index in [1.165, 1.54) is 0 Å². The number of hydrogen-bond acceptors (Lipinski definition) is 5. The van der Waals surface area contributed by atoms with Gasteiger partial charge in [-0.25, -0.2) is 4.98 Å². The van der Waals surface area contributed by atoms with Crippen LogP contribution in [0.2, 0.25) is 0 Å². The number of nitrogens with zero attached hydrogens (tertiary/aromatic N) is 4. The van der Waals surface area contributed by atoms with Gasteiger partial charge < -0.3 is 5.11 Å². The number of rotatable bonds is 3. The van der Waals surface area contributed by atoms with Crippen molar-refractivity contribution in [2.75, 3.05) is 0 Å². The molecule has 152 valence electrons. The number of benzene rings is 2. The molecule has 0 radical (unpaired) electrons. The molecule has 1 saturated carbocycles. The van der Waals surface area contributed by atoms with Gasteiger partial charge in [0.2, 0.25) is 5.70 Å². The van der Waals surface area contributed by atoms with E-state index in [1.54, 1.807) is 12.4 Å². The summed E-state index contributed by atoms with van der Waals surface area (Å²) in [7, 11) is 0. The van der Waals surface area contributed by atoms with Crippen LogP contribution in [0.15, 0.2) is 94.4 Å². The van der Waals surface area contributed by atoms with E-state index in [1.807, 2.05) is 36.5 Å². The standard InChI is InChI=1S/C25H22N5O/c26-30-11-10-27-15-23(30)24(19-12-20(31)13-19)29-25(30)18-7-6-17-8-9-21(28-22(17)14-18)16-4-2-1-3-5-16/h1-11,14-15,19-20,31H,12-13,26H2/q+1. The zero-order valence-electron chi connectivity index (χ0n) is 16.9. The van der Waals surface area contributed by atoms with Crippen LogP contribution in [0.25, 0.3) is 22.2 Å². The predicted molar refractivity (Wildman–Crippen MR) is 122 cm³/mol. The number of aliphatic imine (C=N–C) groups is 2. The first kappa shape index (κ1) is 18.3. The Hall–Kier alpha value is -3.45. The SMILES string of the molecule is N[N+]12C=CN=CC1=C(C1CC(O)C1)N=C2c1ccc2ccc(-c3ccccc3)nc2c1. The summed E-state index contributed by atoms with van der Waals surface area (Å²) in [6.07, 6.45) is 6.54. The molecule has 1 aliphatic carbocycles. The molecule has 1 aromatic heterocycles. The number of amidine groups is 1. The van der Waals surface area contributed by atoms with E-state index in [2.05, 4.69) is 35.3 Å². The summed E-state index contributed by atoms with van der Waals surface area (Å²) in [5.74, 6) is 7.80. The van der Waals surface area contributed by atoms with Crippen LogP contribution in [0.3, 0.4) is 0 Å². The maximum Gasteiger partial charge on any atom is 0.264 e. The topological polar surface area (TPSA) is 83.9 Å². The fourth-order valence-corrected chi connectivity index (χ4v) is 4.54. The highest BCUT2D eigenvalue weighted by atomic mass is 16.3. The second-order valence-electron chi connectivity index (χ2n) is 8.35. The predicted octanol–water partition coefficient (Wildman–Crippen LogP) is 3.89. The first-order chi connectivity index (χ1) is 15.1. The smallest absolute Gasteiger partial charge is 0.264 e. The first-order valence-electron chi connectivity index (χ1n) is 10.5. The van der Waals surface area contributed by atoms with Crippen LogP contribution in [0.4, 0.5) is 0 Å². The minimum atomic E-state index is -0.255. The van der Waals surface area contributed by atoms with Crippen molar-refractivity contribution < 1.29 is 9.70 Å². The fourth-order valence-electron chi connectivity index (χ4n) is 4.54. The molecule has 3 aromatic rings. The van der Waals surface area contributed by atoms with Crippen LogP contribution >= 0.6 is 0 Å². The van der Waals surface area contributed by atoms with Crippen LogP contribution in [0.5, 0.6) is 0 Å². The molecule has 6 heteroatoms. The van der Waals surface area contributed by atoms with E-state index in [9.17, 15) is 5.11 Å². The molecular formula is C25H22N5O+. The normalized spacial score (nSPS) is 26.7. The van der Waals surface area contributed by atoms with E-state index < -0.39 is 0 Å². The van der Waals surface area contributed by atoms with Gasteiger partial charge in [-0.2, -0.15) is 10.8 Å². The van der Waals surface area contributed by atoms with Crippen LogP contribution in [0, 0.1) is 5.92 Å². The monoisotopic (exact) mass is 408 g/mol. The Morgan fingerprint density at radius 3 is 2.58 bits per heavy atom. The number of aliphatic hydroxyl groups excluding tert-OH is 1. The van der Waals surface area contributed by atoms with Gasteiger partial charge in [0.05, 0.1) is 35.3 Å². The van der Waals surface area contributed by atoms with E-state index in [-0.39, 0.29) is 16.6 Å². The minimum absolute atomic E-state index is 0.00465. The Kier molecular flexibility index (Phi) is 4.01. The molecule has 3 aliphatic rings. The Bertz CT molecular complexity index is 1320. The average molecular weight is 408 g/mol. The van der Waals surface area contributed by atoms with Gasteiger partial charge in [-0.05, 0) is 31.0 Å². The molecule has 1 atom stereocenters. The van der Waals surface area contributed by atoms with Gasteiger partial charge in [0.25, 0.3) is 5.84 Å². The highest BCUT2D eigenvalue weighted by Crippen LogP contribution is 2.42.